The van der Waals surface area contributed by atoms with Crippen molar-refractivity contribution in [2.45, 2.75) is 13.8 Å². The largest absolute Gasteiger partial charge is 0.478 e. The minimum atomic E-state index is -0.954. The van der Waals surface area contributed by atoms with Crippen LogP contribution in [0.15, 0.2) is 24.4 Å². The van der Waals surface area contributed by atoms with Crippen LogP contribution < -0.4 is 4.90 Å². The number of nitrogens with zero attached hydrogens (tertiary/aromatic N) is 2. The number of aromatic nitrogens is 1. The molecule has 0 saturated carbocycles. The summed E-state index contributed by atoms with van der Waals surface area (Å²) >= 11 is 0. The van der Waals surface area contributed by atoms with Crippen molar-refractivity contribution >= 4 is 11.8 Å². The van der Waals surface area contributed by atoms with Crippen LogP contribution in [0.5, 0.6) is 0 Å². The Bertz CT molecular complexity index is 427. The lowest BCUT2D eigenvalue weighted by molar-refractivity contribution is 0.0696. The SMILES string of the molecule is C=C(C)CN(C)c1ncc(C(=O)O)cc1C. The molecule has 86 valence electrons. The number of pyridine rings is 1. The van der Waals surface area contributed by atoms with Gasteiger partial charge in [-0.05, 0) is 25.5 Å². The van der Waals surface area contributed by atoms with Gasteiger partial charge in [0.25, 0.3) is 0 Å². The number of carboxylic acids is 1. The predicted molar refractivity (Wildman–Crippen MR) is 64.0 cm³/mol. The second kappa shape index (κ2) is 4.79. The van der Waals surface area contributed by atoms with Crippen LogP contribution in [0, 0.1) is 6.92 Å². The number of carbonyl (C=O) groups is 1. The number of rotatable bonds is 4. The van der Waals surface area contributed by atoms with Crippen LogP contribution in [0.1, 0.15) is 22.8 Å². The predicted octanol–water partition coefficient (Wildman–Crippen LogP) is 2.10. The van der Waals surface area contributed by atoms with Gasteiger partial charge in [0.2, 0.25) is 0 Å². The van der Waals surface area contributed by atoms with E-state index in [-0.39, 0.29) is 5.56 Å². The van der Waals surface area contributed by atoms with E-state index in [0.717, 1.165) is 17.0 Å². The maximum Gasteiger partial charge on any atom is 0.337 e. The molecular formula is C12H16N2O2. The molecule has 0 aliphatic heterocycles. The van der Waals surface area contributed by atoms with Crippen LogP contribution in [-0.2, 0) is 0 Å². The fourth-order valence-corrected chi connectivity index (χ4v) is 1.56. The van der Waals surface area contributed by atoms with E-state index < -0.39 is 5.97 Å². The molecule has 0 aliphatic rings. The molecule has 0 radical (unpaired) electrons. The highest BCUT2D eigenvalue weighted by Gasteiger charge is 2.10. The number of carboxylic acid groups (broad SMARTS) is 1. The van der Waals surface area contributed by atoms with Gasteiger partial charge < -0.3 is 10.0 Å². The summed E-state index contributed by atoms with van der Waals surface area (Å²) in [6, 6.07) is 1.62. The quantitative estimate of drug-likeness (QED) is 0.789. The summed E-state index contributed by atoms with van der Waals surface area (Å²) in [5, 5.41) is 8.82. The zero-order valence-electron chi connectivity index (χ0n) is 9.82. The number of hydrogen-bond donors (Lipinski definition) is 1. The van der Waals surface area contributed by atoms with Gasteiger partial charge in [0.15, 0.2) is 0 Å². The molecular weight excluding hydrogens is 204 g/mol. The van der Waals surface area contributed by atoms with Crippen molar-refractivity contribution in [1.82, 2.24) is 4.98 Å². The topological polar surface area (TPSA) is 53.4 Å². The van der Waals surface area contributed by atoms with E-state index in [4.69, 9.17) is 5.11 Å². The first-order chi connectivity index (χ1) is 7.41. The Morgan fingerprint density at radius 1 is 1.62 bits per heavy atom. The van der Waals surface area contributed by atoms with Crippen LogP contribution in [0.25, 0.3) is 0 Å². The highest BCUT2D eigenvalue weighted by atomic mass is 16.4. The van der Waals surface area contributed by atoms with E-state index in [1.165, 1.54) is 6.20 Å². The molecule has 1 N–H and O–H groups in total. The van der Waals surface area contributed by atoms with Crippen LogP contribution in [0.3, 0.4) is 0 Å². The zero-order chi connectivity index (χ0) is 12.3. The number of aryl methyl sites for hydroxylation is 1. The fraction of sp³-hybridized carbons (Fsp3) is 0.333. The number of likely N-dealkylation sites (N-methyl/N-ethyl adjacent to an activating group) is 1. The number of hydrogen-bond acceptors (Lipinski definition) is 3. The van der Waals surface area contributed by atoms with Gasteiger partial charge in [-0.3, -0.25) is 0 Å². The van der Waals surface area contributed by atoms with Crippen molar-refractivity contribution in [1.29, 1.82) is 0 Å². The van der Waals surface area contributed by atoms with E-state index in [0.29, 0.717) is 6.54 Å². The van der Waals surface area contributed by atoms with Crippen molar-refractivity contribution < 1.29 is 9.90 Å². The van der Waals surface area contributed by atoms with Crippen molar-refractivity contribution in [3.8, 4) is 0 Å². The molecule has 16 heavy (non-hydrogen) atoms. The molecule has 4 nitrogen and oxygen atoms in total. The molecule has 0 fully saturated rings. The molecule has 1 rings (SSSR count). The molecule has 4 heteroatoms. The lowest BCUT2D eigenvalue weighted by Gasteiger charge is -2.20. The third-order valence-corrected chi connectivity index (χ3v) is 2.17. The average Bonchev–Trinajstić information content (AvgIpc) is 2.15. The summed E-state index contributed by atoms with van der Waals surface area (Å²) < 4.78 is 0. The van der Waals surface area contributed by atoms with E-state index in [1.807, 2.05) is 25.8 Å². The summed E-state index contributed by atoms with van der Waals surface area (Å²) in [4.78, 5) is 16.8. The third-order valence-electron chi connectivity index (χ3n) is 2.17. The summed E-state index contributed by atoms with van der Waals surface area (Å²) in [6.45, 7) is 8.33. The van der Waals surface area contributed by atoms with Crippen LogP contribution in [0.2, 0.25) is 0 Å². The molecule has 1 aromatic heterocycles. The Balaban J connectivity index is 2.98. The van der Waals surface area contributed by atoms with Gasteiger partial charge >= 0.3 is 5.97 Å². The smallest absolute Gasteiger partial charge is 0.337 e. The Morgan fingerprint density at radius 3 is 2.69 bits per heavy atom. The fourth-order valence-electron chi connectivity index (χ4n) is 1.56. The Labute approximate surface area is 95.2 Å². The molecule has 0 bridgehead atoms. The van der Waals surface area contributed by atoms with Crippen molar-refractivity contribution in [2.75, 3.05) is 18.5 Å². The van der Waals surface area contributed by atoms with E-state index in [2.05, 4.69) is 11.6 Å². The lowest BCUT2D eigenvalue weighted by atomic mass is 10.2. The molecule has 0 aliphatic carbocycles. The zero-order valence-corrected chi connectivity index (χ0v) is 9.82. The van der Waals surface area contributed by atoms with E-state index in [9.17, 15) is 4.79 Å². The van der Waals surface area contributed by atoms with Gasteiger partial charge in [0.05, 0.1) is 5.56 Å². The van der Waals surface area contributed by atoms with Crippen molar-refractivity contribution in [3.05, 3.63) is 35.5 Å². The second-order valence-electron chi connectivity index (χ2n) is 3.98. The van der Waals surface area contributed by atoms with Gasteiger partial charge in [0.1, 0.15) is 5.82 Å². The maximum absolute atomic E-state index is 10.7. The lowest BCUT2D eigenvalue weighted by Crippen LogP contribution is -2.21. The van der Waals surface area contributed by atoms with Gasteiger partial charge in [0, 0.05) is 19.8 Å². The molecule has 0 spiro atoms. The third kappa shape index (κ3) is 2.82. The highest BCUT2D eigenvalue weighted by molar-refractivity contribution is 5.87. The van der Waals surface area contributed by atoms with Crippen LogP contribution in [0.4, 0.5) is 5.82 Å². The Kier molecular flexibility index (Phi) is 3.66. The molecule has 0 atom stereocenters. The minimum Gasteiger partial charge on any atom is -0.478 e. The van der Waals surface area contributed by atoms with E-state index in [1.54, 1.807) is 6.07 Å². The molecule has 0 unspecified atom stereocenters. The summed E-state index contributed by atoms with van der Waals surface area (Å²) in [6.07, 6.45) is 1.37. The average molecular weight is 220 g/mol. The van der Waals surface area contributed by atoms with Gasteiger partial charge in [-0.1, -0.05) is 12.2 Å². The summed E-state index contributed by atoms with van der Waals surface area (Å²) in [5.74, 6) is -0.169. The monoisotopic (exact) mass is 220 g/mol. The number of aromatic carboxylic acids is 1. The first kappa shape index (κ1) is 12.2. The van der Waals surface area contributed by atoms with Crippen LogP contribution in [-0.4, -0.2) is 29.7 Å². The minimum absolute atomic E-state index is 0.213. The highest BCUT2D eigenvalue weighted by Crippen LogP contribution is 2.17. The molecule has 0 saturated heterocycles. The van der Waals surface area contributed by atoms with Crippen molar-refractivity contribution in [3.63, 3.8) is 0 Å². The van der Waals surface area contributed by atoms with Gasteiger partial charge in [-0.15, -0.1) is 0 Å². The molecule has 0 amide bonds. The normalized spacial score (nSPS) is 9.94. The number of anilines is 1. The van der Waals surface area contributed by atoms with Gasteiger partial charge in [-0.2, -0.15) is 0 Å². The summed E-state index contributed by atoms with van der Waals surface area (Å²) in [5.41, 5.74) is 2.10. The molecule has 0 aromatic carbocycles. The first-order valence-corrected chi connectivity index (χ1v) is 4.97. The second-order valence-corrected chi connectivity index (χ2v) is 3.98. The standard InChI is InChI=1S/C12H16N2O2/c1-8(2)7-14(4)11-9(3)5-10(6-13-11)12(15)16/h5-6H,1,7H2,2-4H3,(H,15,16). The van der Waals surface area contributed by atoms with Gasteiger partial charge in [-0.25, -0.2) is 9.78 Å². The Hall–Kier alpha value is -1.84. The van der Waals surface area contributed by atoms with E-state index >= 15 is 0 Å². The Morgan fingerprint density at radius 2 is 2.25 bits per heavy atom. The first-order valence-electron chi connectivity index (χ1n) is 4.97. The summed E-state index contributed by atoms with van der Waals surface area (Å²) in [7, 11) is 1.91. The molecule has 1 heterocycles. The van der Waals surface area contributed by atoms with Crippen LogP contribution >= 0.6 is 0 Å². The maximum atomic E-state index is 10.7. The molecule has 1 aromatic rings. The van der Waals surface area contributed by atoms with Crippen molar-refractivity contribution in [2.24, 2.45) is 0 Å².